The Balaban J connectivity index is 2.59. The van der Waals surface area contributed by atoms with Crippen molar-refractivity contribution in [1.29, 1.82) is 0 Å². The predicted molar refractivity (Wildman–Crippen MR) is 65.1 cm³/mol. The van der Waals surface area contributed by atoms with Crippen LogP contribution in [0, 0.1) is 0 Å². The summed E-state index contributed by atoms with van der Waals surface area (Å²) in [6, 6.07) is 9.57. The van der Waals surface area contributed by atoms with E-state index in [0.29, 0.717) is 6.42 Å². The first-order valence-electron chi connectivity index (χ1n) is 5.23. The van der Waals surface area contributed by atoms with Gasteiger partial charge in [0, 0.05) is 12.7 Å². The molecule has 90 valence electrons. The van der Waals surface area contributed by atoms with E-state index in [1.807, 2.05) is 30.3 Å². The van der Waals surface area contributed by atoms with Crippen LogP contribution in [0.25, 0.3) is 0 Å². The molecule has 3 nitrogen and oxygen atoms in total. The maximum atomic E-state index is 11.0. The van der Waals surface area contributed by atoms with E-state index in [2.05, 4.69) is 0 Å². The summed E-state index contributed by atoms with van der Waals surface area (Å²) in [7, 11) is -3.01. The van der Waals surface area contributed by atoms with Gasteiger partial charge in [-0.1, -0.05) is 30.3 Å². The SMILES string of the molecule is CC(O)(CCS(C)(=O)=O)Cc1ccccc1. The van der Waals surface area contributed by atoms with Crippen LogP contribution in [0.15, 0.2) is 30.3 Å². The van der Waals surface area contributed by atoms with Crippen LogP contribution in [-0.4, -0.2) is 31.1 Å². The molecule has 0 saturated carbocycles. The van der Waals surface area contributed by atoms with Gasteiger partial charge < -0.3 is 5.11 Å². The molecule has 0 radical (unpaired) electrons. The zero-order chi connectivity index (χ0) is 12.2. The van der Waals surface area contributed by atoms with Gasteiger partial charge in [0.15, 0.2) is 0 Å². The average molecular weight is 242 g/mol. The minimum Gasteiger partial charge on any atom is -0.390 e. The Kier molecular flexibility index (Phi) is 4.10. The van der Waals surface area contributed by atoms with Gasteiger partial charge in [-0.3, -0.25) is 0 Å². The lowest BCUT2D eigenvalue weighted by Crippen LogP contribution is -2.30. The molecule has 1 N–H and O–H groups in total. The molecule has 1 unspecified atom stereocenters. The fourth-order valence-corrected chi connectivity index (χ4v) is 2.34. The molecule has 1 rings (SSSR count). The van der Waals surface area contributed by atoms with Gasteiger partial charge in [0.1, 0.15) is 9.84 Å². The van der Waals surface area contributed by atoms with Crippen LogP contribution in [0.2, 0.25) is 0 Å². The van der Waals surface area contributed by atoms with Gasteiger partial charge in [-0.05, 0) is 18.9 Å². The van der Waals surface area contributed by atoms with E-state index >= 15 is 0 Å². The molecule has 0 fully saturated rings. The largest absolute Gasteiger partial charge is 0.390 e. The molecule has 0 spiro atoms. The van der Waals surface area contributed by atoms with Gasteiger partial charge in [0.2, 0.25) is 0 Å². The Morgan fingerprint density at radius 1 is 1.25 bits per heavy atom. The van der Waals surface area contributed by atoms with Gasteiger partial charge in [-0.25, -0.2) is 8.42 Å². The highest BCUT2D eigenvalue weighted by Crippen LogP contribution is 2.17. The number of hydrogen-bond donors (Lipinski definition) is 1. The molecule has 1 aromatic carbocycles. The molecule has 0 aliphatic heterocycles. The fraction of sp³-hybridized carbons (Fsp3) is 0.500. The van der Waals surface area contributed by atoms with Crippen LogP contribution in [0.5, 0.6) is 0 Å². The lowest BCUT2D eigenvalue weighted by molar-refractivity contribution is 0.0572. The first-order valence-corrected chi connectivity index (χ1v) is 7.29. The molecule has 0 amide bonds. The van der Waals surface area contributed by atoms with E-state index in [9.17, 15) is 13.5 Å². The summed E-state index contributed by atoms with van der Waals surface area (Å²) in [5, 5.41) is 10.1. The fourth-order valence-electron chi connectivity index (χ4n) is 1.53. The second-order valence-electron chi connectivity index (χ2n) is 4.54. The summed E-state index contributed by atoms with van der Waals surface area (Å²) in [6.07, 6.45) is 1.93. The summed E-state index contributed by atoms with van der Waals surface area (Å²) < 4.78 is 22.0. The van der Waals surface area contributed by atoms with Gasteiger partial charge >= 0.3 is 0 Å². The van der Waals surface area contributed by atoms with E-state index in [-0.39, 0.29) is 12.2 Å². The van der Waals surface area contributed by atoms with Gasteiger partial charge in [-0.2, -0.15) is 0 Å². The van der Waals surface area contributed by atoms with Crippen molar-refractivity contribution in [2.75, 3.05) is 12.0 Å². The molecule has 0 aliphatic carbocycles. The average Bonchev–Trinajstić information content (AvgIpc) is 2.15. The second-order valence-corrected chi connectivity index (χ2v) is 6.80. The van der Waals surface area contributed by atoms with Crippen LogP contribution in [0.4, 0.5) is 0 Å². The summed E-state index contributed by atoms with van der Waals surface area (Å²) >= 11 is 0. The van der Waals surface area contributed by atoms with Gasteiger partial charge in [0.05, 0.1) is 11.4 Å². The molecular weight excluding hydrogens is 224 g/mol. The third-order valence-electron chi connectivity index (χ3n) is 2.44. The summed E-state index contributed by atoms with van der Waals surface area (Å²) in [5.41, 5.74) is 0.0470. The van der Waals surface area contributed by atoms with Crippen molar-refractivity contribution in [1.82, 2.24) is 0 Å². The maximum Gasteiger partial charge on any atom is 0.147 e. The highest BCUT2D eigenvalue weighted by molar-refractivity contribution is 7.90. The van der Waals surface area contributed by atoms with Crippen molar-refractivity contribution < 1.29 is 13.5 Å². The molecule has 0 aromatic heterocycles. The highest BCUT2D eigenvalue weighted by atomic mass is 32.2. The number of sulfone groups is 1. The lowest BCUT2D eigenvalue weighted by Gasteiger charge is -2.22. The van der Waals surface area contributed by atoms with Crippen molar-refractivity contribution in [3.8, 4) is 0 Å². The van der Waals surface area contributed by atoms with Crippen LogP contribution in [0.1, 0.15) is 18.9 Å². The van der Waals surface area contributed by atoms with Crippen molar-refractivity contribution in [2.24, 2.45) is 0 Å². The van der Waals surface area contributed by atoms with Crippen LogP contribution in [-0.2, 0) is 16.3 Å². The first-order chi connectivity index (χ1) is 7.29. The van der Waals surface area contributed by atoms with E-state index in [0.717, 1.165) is 5.56 Å². The standard InChI is InChI=1S/C12H18O3S/c1-12(13,8-9-16(2,14)15)10-11-6-4-3-5-7-11/h3-7,13H,8-10H2,1-2H3. The molecule has 1 aromatic rings. The molecule has 1 atom stereocenters. The zero-order valence-corrected chi connectivity index (χ0v) is 10.5. The molecule has 0 aliphatic rings. The van der Waals surface area contributed by atoms with Crippen LogP contribution < -0.4 is 0 Å². The van der Waals surface area contributed by atoms with E-state index in [4.69, 9.17) is 0 Å². The highest BCUT2D eigenvalue weighted by Gasteiger charge is 2.22. The topological polar surface area (TPSA) is 54.4 Å². The molecule has 0 heterocycles. The van der Waals surface area contributed by atoms with Gasteiger partial charge in [-0.15, -0.1) is 0 Å². The van der Waals surface area contributed by atoms with Gasteiger partial charge in [0.25, 0.3) is 0 Å². The number of rotatable bonds is 5. The Morgan fingerprint density at radius 2 is 1.81 bits per heavy atom. The normalized spacial score (nSPS) is 15.7. The molecule has 16 heavy (non-hydrogen) atoms. The Bertz CT molecular complexity index is 421. The minimum absolute atomic E-state index is 0.0207. The maximum absolute atomic E-state index is 11.0. The number of benzene rings is 1. The van der Waals surface area contributed by atoms with E-state index < -0.39 is 15.4 Å². The molecule has 0 saturated heterocycles. The first kappa shape index (κ1) is 13.2. The number of hydrogen-bond acceptors (Lipinski definition) is 3. The predicted octanol–water partition coefficient (Wildman–Crippen LogP) is 1.41. The zero-order valence-electron chi connectivity index (χ0n) is 9.68. The smallest absolute Gasteiger partial charge is 0.147 e. The molecular formula is C12H18O3S. The van der Waals surface area contributed by atoms with Crippen molar-refractivity contribution >= 4 is 9.84 Å². The van der Waals surface area contributed by atoms with Crippen molar-refractivity contribution in [2.45, 2.75) is 25.4 Å². The van der Waals surface area contributed by atoms with E-state index in [1.165, 1.54) is 6.26 Å². The lowest BCUT2D eigenvalue weighted by atomic mass is 9.94. The summed E-state index contributed by atoms with van der Waals surface area (Å²) in [6.45, 7) is 1.67. The van der Waals surface area contributed by atoms with Crippen molar-refractivity contribution in [3.63, 3.8) is 0 Å². The van der Waals surface area contributed by atoms with Crippen LogP contribution >= 0.6 is 0 Å². The second kappa shape index (κ2) is 4.97. The Hall–Kier alpha value is -0.870. The van der Waals surface area contributed by atoms with Crippen LogP contribution in [0.3, 0.4) is 0 Å². The van der Waals surface area contributed by atoms with Crippen molar-refractivity contribution in [3.05, 3.63) is 35.9 Å². The molecule has 4 heteroatoms. The third-order valence-corrected chi connectivity index (χ3v) is 3.38. The monoisotopic (exact) mass is 242 g/mol. The summed E-state index contributed by atoms with van der Waals surface area (Å²) in [4.78, 5) is 0. The van der Waals surface area contributed by atoms with E-state index in [1.54, 1.807) is 6.92 Å². The third kappa shape index (κ3) is 5.28. The summed E-state index contributed by atoms with van der Waals surface area (Å²) in [5.74, 6) is 0.0207. The quantitative estimate of drug-likeness (QED) is 0.849. The Morgan fingerprint density at radius 3 is 2.31 bits per heavy atom. The minimum atomic E-state index is -3.01. The Labute approximate surface area is 97.0 Å². The molecule has 0 bridgehead atoms. The number of aliphatic hydroxyl groups is 1.